The summed E-state index contributed by atoms with van der Waals surface area (Å²) in [6, 6.07) is 0.386. The van der Waals surface area contributed by atoms with Gasteiger partial charge in [-0.25, -0.2) is 4.99 Å². The third-order valence-electron chi connectivity index (χ3n) is 4.90. The number of ether oxygens (including phenoxy) is 1. The average molecular weight is 366 g/mol. The number of piperidine rings is 1. The number of amides is 1. The lowest BCUT2D eigenvalue weighted by atomic mass is 10.0. The summed E-state index contributed by atoms with van der Waals surface area (Å²) >= 11 is 0. The monoisotopic (exact) mass is 365 g/mol. The predicted octanol–water partition coefficient (Wildman–Crippen LogP) is 0.687. The normalized spacial score (nSPS) is 22.3. The summed E-state index contributed by atoms with van der Waals surface area (Å²) in [7, 11) is 3.49. The Morgan fingerprint density at radius 1 is 1.31 bits per heavy atom. The molecule has 0 aliphatic carbocycles. The number of aliphatic imine (C=N–C) groups is 1. The van der Waals surface area contributed by atoms with Gasteiger partial charge in [0.15, 0.2) is 5.96 Å². The lowest BCUT2D eigenvalue weighted by molar-refractivity contribution is -0.127. The first kappa shape index (κ1) is 20.7. The van der Waals surface area contributed by atoms with Crippen LogP contribution in [0.25, 0.3) is 0 Å². The van der Waals surface area contributed by atoms with Gasteiger partial charge in [-0.15, -0.1) is 0 Å². The minimum atomic E-state index is -0.00460. The van der Waals surface area contributed by atoms with Crippen LogP contribution < -0.4 is 10.6 Å². The van der Waals surface area contributed by atoms with Crippen LogP contribution in [0.1, 0.15) is 26.2 Å². The maximum absolute atomic E-state index is 11.8. The Balaban J connectivity index is 1.80. The number of likely N-dealkylation sites (N-methyl/N-ethyl adjacent to an activating group) is 1. The van der Waals surface area contributed by atoms with E-state index in [0.717, 1.165) is 51.3 Å². The fraction of sp³-hybridized carbons (Fsp3) is 0.789. The van der Waals surface area contributed by atoms with Crippen LogP contribution in [-0.2, 0) is 9.53 Å². The summed E-state index contributed by atoms with van der Waals surface area (Å²) < 4.78 is 5.48. The molecule has 0 spiro atoms. The highest BCUT2D eigenvalue weighted by molar-refractivity contribution is 5.85. The maximum atomic E-state index is 11.8. The van der Waals surface area contributed by atoms with Gasteiger partial charge >= 0.3 is 0 Å². The summed E-state index contributed by atoms with van der Waals surface area (Å²) in [6.07, 6.45) is 3.37. The molecule has 2 heterocycles. The van der Waals surface area contributed by atoms with E-state index < -0.39 is 0 Å². The Morgan fingerprint density at radius 2 is 2.04 bits per heavy atom. The van der Waals surface area contributed by atoms with Crippen LogP contribution >= 0.6 is 0 Å². The fourth-order valence-electron chi connectivity index (χ4n) is 3.22. The lowest BCUT2D eigenvalue weighted by Gasteiger charge is -2.34. The van der Waals surface area contributed by atoms with Gasteiger partial charge in [-0.05, 0) is 32.1 Å². The number of hydrogen-bond donors (Lipinski definition) is 2. The van der Waals surface area contributed by atoms with Gasteiger partial charge in [0.2, 0.25) is 5.91 Å². The molecule has 2 saturated heterocycles. The van der Waals surface area contributed by atoms with E-state index in [1.165, 1.54) is 6.42 Å². The Morgan fingerprint density at radius 3 is 2.62 bits per heavy atom. The van der Waals surface area contributed by atoms with Crippen molar-refractivity contribution in [3.63, 3.8) is 0 Å². The highest BCUT2D eigenvalue weighted by atomic mass is 16.5. The Hall–Kier alpha value is -1.60. The number of carbonyl (C=O) groups excluding carboxylic acids is 1. The second-order valence-corrected chi connectivity index (χ2v) is 7.71. The third-order valence-corrected chi connectivity index (χ3v) is 4.90. The molecule has 7 nitrogen and oxygen atoms in total. The van der Waals surface area contributed by atoms with Gasteiger partial charge in [0, 0.05) is 52.9 Å². The number of guanidine groups is 1. The Labute approximate surface area is 157 Å². The van der Waals surface area contributed by atoms with Crippen molar-refractivity contribution < 1.29 is 9.53 Å². The second kappa shape index (κ2) is 10.5. The molecule has 0 aromatic carbocycles. The molecule has 0 bridgehead atoms. The molecule has 0 radical (unpaired) electrons. The first-order valence-electron chi connectivity index (χ1n) is 9.63. The summed E-state index contributed by atoms with van der Waals surface area (Å²) in [6.45, 7) is 11.9. The highest BCUT2D eigenvalue weighted by Crippen LogP contribution is 2.17. The van der Waals surface area contributed by atoms with E-state index in [4.69, 9.17) is 4.74 Å². The summed E-state index contributed by atoms with van der Waals surface area (Å²) in [4.78, 5) is 20.4. The maximum Gasteiger partial charge on any atom is 0.243 e. The van der Waals surface area contributed by atoms with Gasteiger partial charge in [-0.3, -0.25) is 4.79 Å². The van der Waals surface area contributed by atoms with Crippen LogP contribution in [0.3, 0.4) is 0 Å². The van der Waals surface area contributed by atoms with E-state index >= 15 is 0 Å². The van der Waals surface area contributed by atoms with Gasteiger partial charge in [0.1, 0.15) is 6.54 Å². The van der Waals surface area contributed by atoms with Crippen LogP contribution in [0, 0.1) is 5.92 Å². The third kappa shape index (κ3) is 7.33. The molecular formula is C19H35N5O2. The van der Waals surface area contributed by atoms with Crippen molar-refractivity contribution in [3.05, 3.63) is 12.2 Å². The smallest absolute Gasteiger partial charge is 0.243 e. The average Bonchev–Trinajstić information content (AvgIpc) is 3.11. The number of nitrogens with one attached hydrogen (secondary N) is 2. The molecule has 2 aliphatic heterocycles. The van der Waals surface area contributed by atoms with Crippen LogP contribution in [0.2, 0.25) is 0 Å². The van der Waals surface area contributed by atoms with Gasteiger partial charge in [-0.1, -0.05) is 12.2 Å². The predicted molar refractivity (Wildman–Crippen MR) is 105 cm³/mol. The van der Waals surface area contributed by atoms with E-state index in [9.17, 15) is 4.79 Å². The topological polar surface area (TPSA) is 69.2 Å². The quantitative estimate of drug-likeness (QED) is 0.395. The number of nitrogens with zero attached hydrogens (tertiary/aromatic N) is 3. The van der Waals surface area contributed by atoms with E-state index in [1.54, 1.807) is 19.0 Å². The fourth-order valence-corrected chi connectivity index (χ4v) is 3.22. The van der Waals surface area contributed by atoms with Crippen molar-refractivity contribution >= 4 is 11.9 Å². The first-order valence-corrected chi connectivity index (χ1v) is 9.63. The van der Waals surface area contributed by atoms with Gasteiger partial charge in [0.25, 0.3) is 0 Å². The van der Waals surface area contributed by atoms with Gasteiger partial charge in [0.05, 0.1) is 6.61 Å². The Kier molecular flexibility index (Phi) is 8.38. The minimum absolute atomic E-state index is 0.00460. The molecule has 2 rings (SSSR count). The summed E-state index contributed by atoms with van der Waals surface area (Å²) in [5.41, 5.74) is 1.03. The zero-order valence-electron chi connectivity index (χ0n) is 16.6. The van der Waals surface area contributed by atoms with Crippen LogP contribution in [0.15, 0.2) is 17.1 Å². The molecule has 1 atom stereocenters. The molecule has 0 aromatic heterocycles. The molecule has 2 fully saturated rings. The van der Waals surface area contributed by atoms with E-state index in [2.05, 4.69) is 27.1 Å². The Bertz CT molecular complexity index is 492. The van der Waals surface area contributed by atoms with E-state index in [1.807, 2.05) is 6.92 Å². The van der Waals surface area contributed by atoms with E-state index in [-0.39, 0.29) is 12.5 Å². The minimum Gasteiger partial charge on any atom is -0.381 e. The van der Waals surface area contributed by atoms with Crippen molar-refractivity contribution in [2.75, 3.05) is 60.0 Å². The molecule has 7 heteroatoms. The van der Waals surface area contributed by atoms with Crippen LogP contribution in [-0.4, -0.2) is 87.7 Å². The van der Waals surface area contributed by atoms with E-state index in [0.29, 0.717) is 24.5 Å². The number of rotatable bonds is 7. The van der Waals surface area contributed by atoms with Crippen molar-refractivity contribution in [2.24, 2.45) is 10.9 Å². The lowest BCUT2D eigenvalue weighted by Crippen LogP contribution is -2.49. The standard InChI is InChI=1S/C19H35N5O2/c1-15(2)11-20-19(21-12-18(25)23(3)4)22-17-5-8-24(9-6-17)13-16-7-10-26-14-16/h16-17H,1,5-14H2,2-4H3,(H2,20,21,22). The zero-order chi connectivity index (χ0) is 18.9. The molecule has 26 heavy (non-hydrogen) atoms. The molecule has 2 N–H and O–H groups in total. The summed E-state index contributed by atoms with van der Waals surface area (Å²) in [5, 5.41) is 6.76. The largest absolute Gasteiger partial charge is 0.381 e. The van der Waals surface area contributed by atoms with Crippen molar-refractivity contribution in [3.8, 4) is 0 Å². The molecule has 0 saturated carbocycles. The second-order valence-electron chi connectivity index (χ2n) is 7.71. The molecule has 1 unspecified atom stereocenters. The SMILES string of the molecule is C=C(C)CNC(=NCC(=O)N(C)C)NC1CCN(CC2CCOC2)CC1. The van der Waals surface area contributed by atoms with Crippen molar-refractivity contribution in [2.45, 2.75) is 32.2 Å². The van der Waals surface area contributed by atoms with Crippen LogP contribution in [0.5, 0.6) is 0 Å². The van der Waals surface area contributed by atoms with Gasteiger partial charge < -0.3 is 25.2 Å². The number of carbonyl (C=O) groups is 1. The first-order chi connectivity index (χ1) is 12.4. The molecule has 2 aliphatic rings. The summed E-state index contributed by atoms with van der Waals surface area (Å²) in [5.74, 6) is 1.40. The molecule has 0 aromatic rings. The van der Waals surface area contributed by atoms with Crippen molar-refractivity contribution in [1.29, 1.82) is 0 Å². The van der Waals surface area contributed by atoms with Crippen molar-refractivity contribution in [1.82, 2.24) is 20.4 Å². The molecule has 148 valence electrons. The molecule has 1 amide bonds. The zero-order valence-corrected chi connectivity index (χ0v) is 16.6. The molecular weight excluding hydrogens is 330 g/mol. The highest BCUT2D eigenvalue weighted by Gasteiger charge is 2.24. The van der Waals surface area contributed by atoms with Gasteiger partial charge in [-0.2, -0.15) is 0 Å². The number of likely N-dealkylation sites (tertiary alicyclic amines) is 1. The number of hydrogen-bond acceptors (Lipinski definition) is 4. The van der Waals surface area contributed by atoms with Crippen LogP contribution in [0.4, 0.5) is 0 Å².